The Labute approximate surface area is 83.9 Å². The van der Waals surface area contributed by atoms with Gasteiger partial charge in [0, 0.05) is 5.88 Å². The zero-order valence-electron chi connectivity index (χ0n) is 7.59. The Hall–Kier alpha value is -0.490. The zero-order chi connectivity index (χ0) is 8.84. The van der Waals surface area contributed by atoms with Crippen LogP contribution in [0.4, 0.5) is 0 Å². The average molecular weight is 193 g/mol. The standard InChI is InChI=1S/C12H13Cl/c13-7-10-2-1-3-11-8-4-5-9(6-8)12(10)11/h1-3,8-9H,4-7H2. The molecule has 0 heterocycles. The lowest BCUT2D eigenvalue weighted by Crippen LogP contribution is -2.01. The van der Waals surface area contributed by atoms with Gasteiger partial charge in [0.25, 0.3) is 0 Å². The quantitative estimate of drug-likeness (QED) is 0.594. The maximum absolute atomic E-state index is 5.95. The average Bonchev–Trinajstić information content (AvgIpc) is 2.77. The molecule has 0 nitrogen and oxygen atoms in total. The second-order valence-electron chi connectivity index (χ2n) is 4.26. The van der Waals surface area contributed by atoms with Crippen LogP contribution in [0.3, 0.4) is 0 Å². The van der Waals surface area contributed by atoms with E-state index in [1.165, 1.54) is 24.8 Å². The number of alkyl halides is 1. The first-order valence-electron chi connectivity index (χ1n) is 5.08. The minimum Gasteiger partial charge on any atom is -0.122 e. The molecule has 3 rings (SSSR count). The largest absolute Gasteiger partial charge is 0.122 e. The molecule has 2 aliphatic carbocycles. The number of hydrogen-bond donors (Lipinski definition) is 0. The van der Waals surface area contributed by atoms with Crippen LogP contribution >= 0.6 is 11.6 Å². The van der Waals surface area contributed by atoms with Crippen molar-refractivity contribution in [1.29, 1.82) is 0 Å². The number of rotatable bonds is 1. The third kappa shape index (κ3) is 0.985. The Morgan fingerprint density at radius 2 is 2.08 bits per heavy atom. The van der Waals surface area contributed by atoms with Crippen molar-refractivity contribution in [3.8, 4) is 0 Å². The van der Waals surface area contributed by atoms with E-state index in [4.69, 9.17) is 11.6 Å². The van der Waals surface area contributed by atoms with Gasteiger partial charge in [-0.05, 0) is 47.8 Å². The minimum atomic E-state index is 0.687. The molecule has 1 saturated carbocycles. The van der Waals surface area contributed by atoms with E-state index in [-0.39, 0.29) is 0 Å². The van der Waals surface area contributed by atoms with Gasteiger partial charge in [-0.3, -0.25) is 0 Å². The second kappa shape index (κ2) is 2.75. The van der Waals surface area contributed by atoms with Crippen LogP contribution < -0.4 is 0 Å². The minimum absolute atomic E-state index is 0.687. The first kappa shape index (κ1) is 7.87. The molecule has 0 amide bonds. The highest BCUT2D eigenvalue weighted by atomic mass is 35.5. The lowest BCUT2D eigenvalue weighted by molar-refractivity contribution is 0.713. The lowest BCUT2D eigenvalue weighted by atomic mass is 9.89. The molecule has 13 heavy (non-hydrogen) atoms. The Balaban J connectivity index is 2.20. The van der Waals surface area contributed by atoms with E-state index in [1.807, 2.05) is 0 Å². The fourth-order valence-corrected chi connectivity index (χ4v) is 3.36. The Morgan fingerprint density at radius 3 is 2.92 bits per heavy atom. The van der Waals surface area contributed by atoms with E-state index in [2.05, 4.69) is 18.2 Å². The Bertz CT molecular complexity index is 343. The van der Waals surface area contributed by atoms with E-state index in [9.17, 15) is 0 Å². The van der Waals surface area contributed by atoms with Gasteiger partial charge in [-0.1, -0.05) is 18.2 Å². The summed E-state index contributed by atoms with van der Waals surface area (Å²) in [6.45, 7) is 0. The van der Waals surface area contributed by atoms with Crippen LogP contribution in [0.1, 0.15) is 47.8 Å². The fraction of sp³-hybridized carbons (Fsp3) is 0.500. The number of fused-ring (bicyclic) bond motifs is 5. The van der Waals surface area contributed by atoms with Gasteiger partial charge in [-0.15, -0.1) is 11.6 Å². The van der Waals surface area contributed by atoms with Gasteiger partial charge in [-0.2, -0.15) is 0 Å². The molecule has 0 N–H and O–H groups in total. The molecule has 2 unspecified atom stereocenters. The van der Waals surface area contributed by atoms with E-state index >= 15 is 0 Å². The van der Waals surface area contributed by atoms with Crippen molar-refractivity contribution in [2.24, 2.45) is 0 Å². The highest BCUT2D eigenvalue weighted by molar-refractivity contribution is 6.17. The maximum atomic E-state index is 5.95. The lowest BCUT2D eigenvalue weighted by Gasteiger charge is -2.17. The van der Waals surface area contributed by atoms with E-state index < -0.39 is 0 Å². The molecule has 2 aliphatic rings. The number of hydrogen-bond acceptors (Lipinski definition) is 0. The van der Waals surface area contributed by atoms with Crippen LogP contribution in [0, 0.1) is 0 Å². The first-order valence-corrected chi connectivity index (χ1v) is 5.61. The molecule has 0 saturated heterocycles. The van der Waals surface area contributed by atoms with Crippen molar-refractivity contribution in [1.82, 2.24) is 0 Å². The van der Waals surface area contributed by atoms with Gasteiger partial charge in [0.1, 0.15) is 0 Å². The highest BCUT2D eigenvalue weighted by Crippen LogP contribution is 2.54. The molecular weight excluding hydrogens is 180 g/mol. The number of halogens is 1. The van der Waals surface area contributed by atoms with Crippen molar-refractivity contribution in [3.05, 3.63) is 34.9 Å². The van der Waals surface area contributed by atoms with E-state index in [1.54, 1.807) is 11.1 Å². The smallest absolute Gasteiger partial charge is 0.0477 e. The van der Waals surface area contributed by atoms with Gasteiger partial charge in [0.05, 0.1) is 0 Å². The second-order valence-corrected chi connectivity index (χ2v) is 4.53. The van der Waals surface area contributed by atoms with Crippen LogP contribution in [-0.4, -0.2) is 0 Å². The summed E-state index contributed by atoms with van der Waals surface area (Å²) in [5.74, 6) is 2.39. The van der Waals surface area contributed by atoms with E-state index in [0.29, 0.717) is 5.88 Å². The third-order valence-corrected chi connectivity index (χ3v) is 3.94. The molecule has 0 aliphatic heterocycles. The van der Waals surface area contributed by atoms with Crippen LogP contribution in [0.25, 0.3) is 0 Å². The summed E-state index contributed by atoms with van der Waals surface area (Å²) in [6, 6.07) is 6.65. The number of benzene rings is 1. The summed E-state index contributed by atoms with van der Waals surface area (Å²) >= 11 is 5.95. The van der Waals surface area contributed by atoms with Crippen molar-refractivity contribution in [2.75, 3.05) is 0 Å². The normalized spacial score (nSPS) is 29.3. The van der Waals surface area contributed by atoms with Gasteiger partial charge < -0.3 is 0 Å². The van der Waals surface area contributed by atoms with Crippen molar-refractivity contribution >= 4 is 11.6 Å². The van der Waals surface area contributed by atoms with Crippen LogP contribution in [0.5, 0.6) is 0 Å². The molecule has 0 spiro atoms. The van der Waals surface area contributed by atoms with Crippen molar-refractivity contribution in [2.45, 2.75) is 37.0 Å². The fourth-order valence-electron chi connectivity index (χ4n) is 3.13. The summed E-state index contributed by atoms with van der Waals surface area (Å²) in [5, 5.41) is 0. The predicted octanol–water partition coefficient (Wildman–Crippen LogP) is 3.79. The monoisotopic (exact) mass is 192 g/mol. The summed E-state index contributed by atoms with van der Waals surface area (Å²) < 4.78 is 0. The third-order valence-electron chi connectivity index (χ3n) is 3.65. The van der Waals surface area contributed by atoms with Crippen LogP contribution in [-0.2, 0) is 5.88 Å². The van der Waals surface area contributed by atoms with Crippen molar-refractivity contribution < 1.29 is 0 Å². The first-order chi connectivity index (χ1) is 6.40. The molecule has 2 atom stereocenters. The Morgan fingerprint density at radius 1 is 1.23 bits per heavy atom. The predicted molar refractivity (Wildman–Crippen MR) is 55.3 cm³/mol. The van der Waals surface area contributed by atoms with Crippen LogP contribution in [0.15, 0.2) is 18.2 Å². The molecule has 2 bridgehead atoms. The molecule has 1 aromatic rings. The zero-order valence-corrected chi connectivity index (χ0v) is 8.35. The van der Waals surface area contributed by atoms with Gasteiger partial charge in [0.2, 0.25) is 0 Å². The molecular formula is C12H13Cl. The van der Waals surface area contributed by atoms with Gasteiger partial charge >= 0.3 is 0 Å². The van der Waals surface area contributed by atoms with E-state index in [0.717, 1.165) is 11.8 Å². The topological polar surface area (TPSA) is 0 Å². The molecule has 1 fully saturated rings. The summed E-state index contributed by atoms with van der Waals surface area (Å²) in [4.78, 5) is 0. The molecule has 0 radical (unpaired) electrons. The summed E-state index contributed by atoms with van der Waals surface area (Å²) in [6.07, 6.45) is 4.19. The SMILES string of the molecule is ClCc1cccc2c1C1CCC2C1. The maximum Gasteiger partial charge on any atom is 0.0477 e. The highest BCUT2D eigenvalue weighted by Gasteiger charge is 2.37. The molecule has 0 aromatic heterocycles. The van der Waals surface area contributed by atoms with Crippen molar-refractivity contribution in [3.63, 3.8) is 0 Å². The molecule has 1 heteroatoms. The van der Waals surface area contributed by atoms with Crippen LogP contribution in [0.2, 0.25) is 0 Å². The molecule has 1 aromatic carbocycles. The summed E-state index contributed by atoms with van der Waals surface area (Å²) in [5.41, 5.74) is 4.59. The molecule has 68 valence electrons. The van der Waals surface area contributed by atoms with Gasteiger partial charge in [-0.25, -0.2) is 0 Å². The Kier molecular flexibility index (Phi) is 1.66. The summed E-state index contributed by atoms with van der Waals surface area (Å²) in [7, 11) is 0. The van der Waals surface area contributed by atoms with Gasteiger partial charge in [0.15, 0.2) is 0 Å².